The zero-order chi connectivity index (χ0) is 15.4. The fourth-order valence-corrected chi connectivity index (χ4v) is 2.51. The van der Waals surface area contributed by atoms with Crippen LogP contribution >= 0.6 is 0 Å². The fraction of sp³-hybridized carbons (Fsp3) is 0.500. The lowest BCUT2D eigenvalue weighted by molar-refractivity contribution is -0.143. The Morgan fingerprint density at radius 2 is 1.90 bits per heavy atom. The lowest BCUT2D eigenvalue weighted by atomic mass is 9.97. The molecule has 0 aromatic heterocycles. The summed E-state index contributed by atoms with van der Waals surface area (Å²) in [6.45, 7) is 5.90. The minimum Gasteiger partial charge on any atom is -0.481 e. The van der Waals surface area contributed by atoms with E-state index in [1.54, 1.807) is 0 Å². The monoisotopic (exact) mass is 290 g/mol. The van der Waals surface area contributed by atoms with Gasteiger partial charge in [0, 0.05) is 18.7 Å². The molecule has 5 nitrogen and oxygen atoms in total. The van der Waals surface area contributed by atoms with Gasteiger partial charge in [0.05, 0.1) is 12.6 Å². The number of nitrogens with one attached hydrogen (secondary N) is 1. The second-order valence-corrected chi connectivity index (χ2v) is 5.69. The summed E-state index contributed by atoms with van der Waals surface area (Å²) in [5, 5.41) is 11.9. The molecule has 1 heterocycles. The average Bonchev–Trinajstić information content (AvgIpc) is 2.48. The minimum absolute atomic E-state index is 0.0848. The smallest absolute Gasteiger partial charge is 0.306 e. The molecule has 1 aliphatic rings. The van der Waals surface area contributed by atoms with Crippen LogP contribution in [-0.2, 0) is 4.79 Å². The molecule has 2 N–H and O–H groups in total. The Labute approximate surface area is 125 Å². The van der Waals surface area contributed by atoms with Crippen LogP contribution in [0.4, 0.5) is 0 Å². The number of hydrogen-bond donors (Lipinski definition) is 2. The van der Waals surface area contributed by atoms with Gasteiger partial charge in [-0.3, -0.25) is 14.5 Å². The number of hydrogen-bond acceptors (Lipinski definition) is 3. The molecule has 0 spiro atoms. The summed E-state index contributed by atoms with van der Waals surface area (Å²) in [4.78, 5) is 25.1. The third-order valence-electron chi connectivity index (χ3n) is 4.17. The fourth-order valence-electron chi connectivity index (χ4n) is 2.51. The van der Waals surface area contributed by atoms with Crippen molar-refractivity contribution in [1.82, 2.24) is 10.2 Å². The van der Waals surface area contributed by atoms with Gasteiger partial charge in [0.2, 0.25) is 0 Å². The Bertz CT molecular complexity index is 534. The van der Waals surface area contributed by atoms with E-state index >= 15 is 0 Å². The molecular weight excluding hydrogens is 268 g/mol. The molecule has 0 unspecified atom stereocenters. The number of carboxylic acids is 1. The second kappa shape index (κ2) is 6.72. The number of amides is 1. The second-order valence-electron chi connectivity index (χ2n) is 5.69. The highest BCUT2D eigenvalue weighted by Crippen LogP contribution is 2.16. The number of rotatable bonds is 4. The third kappa shape index (κ3) is 4.04. The van der Waals surface area contributed by atoms with E-state index in [0.29, 0.717) is 38.2 Å². The molecule has 21 heavy (non-hydrogen) atoms. The highest BCUT2D eigenvalue weighted by molar-refractivity contribution is 5.94. The predicted octanol–water partition coefficient (Wildman–Crippen LogP) is 1.79. The van der Waals surface area contributed by atoms with Gasteiger partial charge in [-0.05, 0) is 49.9 Å². The molecule has 114 valence electrons. The Balaban J connectivity index is 1.82. The van der Waals surface area contributed by atoms with Gasteiger partial charge in [-0.15, -0.1) is 0 Å². The van der Waals surface area contributed by atoms with E-state index in [9.17, 15) is 9.59 Å². The van der Waals surface area contributed by atoms with Crippen molar-refractivity contribution in [2.75, 3.05) is 19.8 Å². The molecule has 0 atom stereocenters. The van der Waals surface area contributed by atoms with Gasteiger partial charge in [-0.2, -0.15) is 0 Å². The van der Waals surface area contributed by atoms with Crippen molar-refractivity contribution in [2.45, 2.75) is 26.7 Å². The summed E-state index contributed by atoms with van der Waals surface area (Å²) in [5.41, 5.74) is 2.94. The Morgan fingerprint density at radius 3 is 2.48 bits per heavy atom. The van der Waals surface area contributed by atoms with E-state index in [1.165, 1.54) is 5.56 Å². The molecule has 0 bridgehead atoms. The highest BCUT2D eigenvalue weighted by Gasteiger charge is 2.24. The van der Waals surface area contributed by atoms with Crippen LogP contribution in [0, 0.1) is 19.8 Å². The standard InChI is InChI=1S/C16H22N2O3/c1-11-3-4-14(9-12(11)2)15(19)17-10-18-7-5-13(6-8-18)16(20)21/h3-4,9,13H,5-8,10H2,1-2H3,(H,17,19)(H,20,21). The number of piperidine rings is 1. The van der Waals surface area contributed by atoms with Gasteiger partial charge >= 0.3 is 5.97 Å². The molecule has 1 aliphatic heterocycles. The Morgan fingerprint density at radius 1 is 1.24 bits per heavy atom. The van der Waals surface area contributed by atoms with E-state index < -0.39 is 5.97 Å². The van der Waals surface area contributed by atoms with Crippen LogP contribution < -0.4 is 5.32 Å². The summed E-state index contributed by atoms with van der Waals surface area (Å²) < 4.78 is 0. The van der Waals surface area contributed by atoms with Crippen molar-refractivity contribution in [3.63, 3.8) is 0 Å². The predicted molar refractivity (Wildman–Crippen MR) is 80.2 cm³/mol. The molecule has 2 rings (SSSR count). The highest BCUT2D eigenvalue weighted by atomic mass is 16.4. The third-order valence-corrected chi connectivity index (χ3v) is 4.17. The summed E-state index contributed by atoms with van der Waals surface area (Å²) in [5.74, 6) is -1.04. The molecule has 1 amide bonds. The maximum Gasteiger partial charge on any atom is 0.306 e. The van der Waals surface area contributed by atoms with Crippen LogP contribution in [0.2, 0.25) is 0 Å². The number of aryl methyl sites for hydroxylation is 2. The van der Waals surface area contributed by atoms with Crippen molar-refractivity contribution in [3.8, 4) is 0 Å². The molecule has 0 aliphatic carbocycles. The van der Waals surface area contributed by atoms with Gasteiger partial charge < -0.3 is 10.4 Å². The van der Waals surface area contributed by atoms with Gasteiger partial charge in [0.25, 0.3) is 5.91 Å². The summed E-state index contributed by atoms with van der Waals surface area (Å²) in [7, 11) is 0. The van der Waals surface area contributed by atoms with Crippen LogP contribution in [-0.4, -0.2) is 41.6 Å². The van der Waals surface area contributed by atoms with Gasteiger partial charge in [0.15, 0.2) is 0 Å². The summed E-state index contributed by atoms with van der Waals surface area (Å²) in [6, 6.07) is 5.66. The topological polar surface area (TPSA) is 69.6 Å². The Kier molecular flexibility index (Phi) is 4.96. The van der Waals surface area contributed by atoms with Crippen LogP contribution in [0.5, 0.6) is 0 Å². The molecule has 0 radical (unpaired) electrons. The number of benzene rings is 1. The van der Waals surface area contributed by atoms with Crippen molar-refractivity contribution >= 4 is 11.9 Å². The average molecular weight is 290 g/mol. The molecule has 1 saturated heterocycles. The number of carbonyl (C=O) groups excluding carboxylic acids is 1. The first-order valence-corrected chi connectivity index (χ1v) is 7.28. The maximum absolute atomic E-state index is 12.1. The number of carbonyl (C=O) groups is 2. The van der Waals surface area contributed by atoms with Crippen LogP contribution in [0.25, 0.3) is 0 Å². The van der Waals surface area contributed by atoms with E-state index in [0.717, 1.165) is 5.56 Å². The van der Waals surface area contributed by atoms with Gasteiger partial charge in [-0.1, -0.05) is 6.07 Å². The number of aliphatic carboxylic acids is 1. The zero-order valence-corrected chi connectivity index (χ0v) is 12.6. The number of carboxylic acid groups (broad SMARTS) is 1. The molecule has 1 fully saturated rings. The van der Waals surface area contributed by atoms with Crippen LogP contribution in [0.1, 0.15) is 34.3 Å². The summed E-state index contributed by atoms with van der Waals surface area (Å²) >= 11 is 0. The normalized spacial score (nSPS) is 16.7. The van der Waals surface area contributed by atoms with Gasteiger partial charge in [-0.25, -0.2) is 0 Å². The van der Waals surface area contributed by atoms with Crippen LogP contribution in [0.3, 0.4) is 0 Å². The van der Waals surface area contributed by atoms with Crippen molar-refractivity contribution in [2.24, 2.45) is 5.92 Å². The van der Waals surface area contributed by atoms with Gasteiger partial charge in [0.1, 0.15) is 0 Å². The number of likely N-dealkylation sites (tertiary alicyclic amines) is 1. The first-order valence-electron chi connectivity index (χ1n) is 7.28. The largest absolute Gasteiger partial charge is 0.481 e. The first-order chi connectivity index (χ1) is 9.97. The minimum atomic E-state index is -0.714. The van der Waals surface area contributed by atoms with E-state index in [1.807, 2.05) is 32.0 Å². The lowest BCUT2D eigenvalue weighted by Gasteiger charge is -2.29. The van der Waals surface area contributed by atoms with Crippen LogP contribution in [0.15, 0.2) is 18.2 Å². The van der Waals surface area contributed by atoms with Crippen molar-refractivity contribution < 1.29 is 14.7 Å². The van der Waals surface area contributed by atoms with E-state index in [-0.39, 0.29) is 11.8 Å². The quantitative estimate of drug-likeness (QED) is 0.887. The molecule has 5 heteroatoms. The Hall–Kier alpha value is -1.88. The zero-order valence-electron chi connectivity index (χ0n) is 12.6. The van der Waals surface area contributed by atoms with Crippen molar-refractivity contribution in [3.05, 3.63) is 34.9 Å². The maximum atomic E-state index is 12.1. The lowest BCUT2D eigenvalue weighted by Crippen LogP contribution is -2.43. The van der Waals surface area contributed by atoms with E-state index in [4.69, 9.17) is 5.11 Å². The molecule has 1 aromatic rings. The molecule has 1 aromatic carbocycles. The SMILES string of the molecule is Cc1ccc(C(=O)NCN2CCC(C(=O)O)CC2)cc1C. The number of nitrogens with zero attached hydrogens (tertiary/aromatic N) is 1. The molecular formula is C16H22N2O3. The molecule has 0 saturated carbocycles. The van der Waals surface area contributed by atoms with E-state index in [2.05, 4.69) is 10.2 Å². The first kappa shape index (κ1) is 15.5. The summed E-state index contributed by atoms with van der Waals surface area (Å²) in [6.07, 6.45) is 1.30. The van der Waals surface area contributed by atoms with Crippen molar-refractivity contribution in [1.29, 1.82) is 0 Å².